The summed E-state index contributed by atoms with van der Waals surface area (Å²) in [4.78, 5) is 43.4. The monoisotopic (exact) mass is 626 g/mol. The summed E-state index contributed by atoms with van der Waals surface area (Å²) < 4.78 is 5.89. The number of aliphatic hydroxyl groups is 1. The van der Waals surface area contributed by atoms with Crippen LogP contribution in [0.1, 0.15) is 86.2 Å². The summed E-state index contributed by atoms with van der Waals surface area (Å²) in [5.74, 6) is 0.501. The molecule has 44 heavy (non-hydrogen) atoms. The fraction of sp³-hybridized carbons (Fsp3) is 0.559. The number of likely N-dealkylation sites (tertiary alicyclic amines) is 1. The first-order chi connectivity index (χ1) is 20.7. The second kappa shape index (κ2) is 14.8. The van der Waals surface area contributed by atoms with Crippen molar-refractivity contribution in [1.82, 2.24) is 20.4 Å². The van der Waals surface area contributed by atoms with Gasteiger partial charge in [0.15, 0.2) is 0 Å². The molecule has 240 valence electrons. The van der Waals surface area contributed by atoms with Crippen LogP contribution in [0, 0.1) is 0 Å². The Hall–Kier alpha value is -3.14. The summed E-state index contributed by atoms with van der Waals surface area (Å²) in [7, 11) is 1.61. The Morgan fingerprint density at radius 2 is 1.64 bits per heavy atom. The number of hydrogen-bond acceptors (Lipinski definition) is 6. The van der Waals surface area contributed by atoms with Gasteiger partial charge >= 0.3 is 0 Å². The van der Waals surface area contributed by atoms with Crippen molar-refractivity contribution in [3.63, 3.8) is 0 Å². The van der Waals surface area contributed by atoms with Gasteiger partial charge in [0, 0.05) is 45.2 Å². The van der Waals surface area contributed by atoms with Crippen LogP contribution in [0.2, 0.25) is 0 Å². The zero-order chi connectivity index (χ0) is 30.5. The first-order valence-corrected chi connectivity index (χ1v) is 15.9. The van der Waals surface area contributed by atoms with E-state index in [-0.39, 0.29) is 30.1 Å². The van der Waals surface area contributed by atoms with Crippen molar-refractivity contribution in [1.29, 1.82) is 0 Å². The predicted octanol–water partition coefficient (Wildman–Crippen LogP) is 4.20. The first kappa shape index (κ1) is 33.7. The van der Waals surface area contributed by atoms with Crippen LogP contribution in [-0.2, 0) is 22.7 Å². The van der Waals surface area contributed by atoms with Crippen molar-refractivity contribution in [3.8, 4) is 5.75 Å². The van der Waals surface area contributed by atoms with Gasteiger partial charge in [0.25, 0.3) is 5.91 Å². The molecule has 0 bridgehead atoms. The summed E-state index contributed by atoms with van der Waals surface area (Å²) in [5, 5.41) is 16.6. The Morgan fingerprint density at radius 1 is 1.00 bits per heavy atom. The van der Waals surface area contributed by atoms with Crippen molar-refractivity contribution in [3.05, 3.63) is 65.2 Å². The average Bonchev–Trinajstić information content (AvgIpc) is 3.46. The summed E-state index contributed by atoms with van der Waals surface area (Å²) in [6.45, 7) is 5.36. The minimum absolute atomic E-state index is 0. The van der Waals surface area contributed by atoms with E-state index in [0.29, 0.717) is 56.6 Å². The summed E-state index contributed by atoms with van der Waals surface area (Å²) in [6, 6.07) is 14.8. The van der Waals surface area contributed by atoms with Crippen LogP contribution >= 0.6 is 12.4 Å². The number of ether oxygens (including phenoxy) is 1. The third-order valence-electron chi connectivity index (χ3n) is 9.52. The Bertz CT molecular complexity index is 1270. The molecule has 9 nitrogen and oxygen atoms in total. The average molecular weight is 627 g/mol. The Morgan fingerprint density at radius 3 is 2.25 bits per heavy atom. The molecule has 3 fully saturated rings. The predicted molar refractivity (Wildman–Crippen MR) is 172 cm³/mol. The topological polar surface area (TPSA) is 111 Å². The fourth-order valence-corrected chi connectivity index (χ4v) is 6.86. The number of rotatable bonds is 11. The highest BCUT2D eigenvalue weighted by Crippen LogP contribution is 2.38. The fourth-order valence-electron chi connectivity index (χ4n) is 6.86. The summed E-state index contributed by atoms with van der Waals surface area (Å²) in [5.41, 5.74) is 1.18. The van der Waals surface area contributed by atoms with Gasteiger partial charge in [-0.1, -0.05) is 50.5 Å². The maximum absolute atomic E-state index is 13.7. The number of halogens is 1. The number of carbonyl (C=O) groups is 3. The third-order valence-corrected chi connectivity index (χ3v) is 9.52. The molecule has 3 amide bonds. The van der Waals surface area contributed by atoms with Gasteiger partial charge in [0.2, 0.25) is 11.8 Å². The maximum atomic E-state index is 13.7. The van der Waals surface area contributed by atoms with Gasteiger partial charge in [-0.05, 0) is 67.5 Å². The van der Waals surface area contributed by atoms with E-state index in [1.165, 1.54) is 5.56 Å². The lowest BCUT2D eigenvalue weighted by Gasteiger charge is -2.52. The molecule has 0 radical (unpaired) electrons. The number of piperidine rings is 1. The van der Waals surface area contributed by atoms with Crippen molar-refractivity contribution >= 4 is 30.1 Å². The number of hydrogen-bond donors (Lipinski definition) is 3. The molecule has 5 rings (SSSR count). The number of carbonyl (C=O) groups excluding carboxylic acids is 3. The molecule has 1 saturated carbocycles. The van der Waals surface area contributed by atoms with E-state index in [9.17, 15) is 19.5 Å². The summed E-state index contributed by atoms with van der Waals surface area (Å²) >= 11 is 0. The van der Waals surface area contributed by atoms with Crippen molar-refractivity contribution in [2.75, 3.05) is 26.7 Å². The highest BCUT2D eigenvalue weighted by molar-refractivity contribution is 6.00. The lowest BCUT2D eigenvalue weighted by molar-refractivity contribution is -0.163. The highest BCUT2D eigenvalue weighted by atomic mass is 35.5. The molecule has 0 aromatic heterocycles. The van der Waals surface area contributed by atoms with E-state index in [1.54, 1.807) is 31.3 Å². The second-order valence-corrected chi connectivity index (χ2v) is 12.5. The van der Waals surface area contributed by atoms with Gasteiger partial charge in [-0.3, -0.25) is 19.3 Å². The number of benzene rings is 2. The Kier molecular flexibility index (Phi) is 11.3. The maximum Gasteiger partial charge on any atom is 0.251 e. The van der Waals surface area contributed by atoms with Crippen LogP contribution in [-0.4, -0.2) is 76.5 Å². The van der Waals surface area contributed by atoms with Crippen LogP contribution in [0.25, 0.3) is 0 Å². The van der Waals surface area contributed by atoms with Crippen molar-refractivity contribution in [2.24, 2.45) is 0 Å². The van der Waals surface area contributed by atoms with Crippen LogP contribution in [0.15, 0.2) is 48.5 Å². The molecule has 10 heteroatoms. The summed E-state index contributed by atoms with van der Waals surface area (Å²) in [6.07, 6.45) is 6.67. The standard InChI is InChI=1S/C34H46N4O5.ClH/c1-3-4-19-38-31(40)29(22-33(42)15-5-6-16-33)36-32(41)34(38)17-20-37(21-18-34)23-25-7-9-26(10-8-25)24-43-28-13-11-27(12-14-28)30(39)35-2;/h7-14,29,42H,3-6,15-24H2,1-2H3,(H,35,39)(H,36,41);1H/t29-;/m1./s1. The van der Waals surface area contributed by atoms with E-state index in [1.807, 2.05) is 4.90 Å². The molecule has 2 aromatic rings. The first-order valence-electron chi connectivity index (χ1n) is 15.9. The molecule has 1 spiro atoms. The molecule has 1 atom stereocenters. The minimum Gasteiger partial charge on any atom is -0.489 e. The van der Waals surface area contributed by atoms with E-state index >= 15 is 0 Å². The molecular formula is C34H47ClN4O5. The lowest BCUT2D eigenvalue weighted by Crippen LogP contribution is -2.73. The molecular weight excluding hydrogens is 580 g/mol. The number of amides is 3. The van der Waals surface area contributed by atoms with Gasteiger partial charge in [-0.2, -0.15) is 0 Å². The molecule has 2 heterocycles. The highest BCUT2D eigenvalue weighted by Gasteiger charge is 2.54. The molecule has 2 saturated heterocycles. The Labute approximate surface area is 267 Å². The molecule has 1 aliphatic carbocycles. The van der Waals surface area contributed by atoms with Gasteiger partial charge < -0.3 is 25.4 Å². The van der Waals surface area contributed by atoms with Crippen LogP contribution in [0.5, 0.6) is 5.75 Å². The number of nitrogens with zero attached hydrogens (tertiary/aromatic N) is 2. The number of unbranched alkanes of at least 4 members (excludes halogenated alkanes) is 1. The normalized spacial score (nSPS) is 21.1. The molecule has 0 unspecified atom stereocenters. The smallest absolute Gasteiger partial charge is 0.251 e. The van der Waals surface area contributed by atoms with E-state index in [4.69, 9.17) is 4.74 Å². The van der Waals surface area contributed by atoms with E-state index < -0.39 is 17.2 Å². The van der Waals surface area contributed by atoms with E-state index in [0.717, 1.165) is 50.9 Å². The van der Waals surface area contributed by atoms with Crippen LogP contribution in [0.3, 0.4) is 0 Å². The molecule has 2 aliphatic heterocycles. The second-order valence-electron chi connectivity index (χ2n) is 12.5. The molecule has 3 N–H and O–H groups in total. The van der Waals surface area contributed by atoms with Gasteiger partial charge in [0.05, 0.1) is 5.60 Å². The van der Waals surface area contributed by atoms with Crippen molar-refractivity contribution < 1.29 is 24.2 Å². The molecule has 3 aliphatic rings. The Balaban J connectivity index is 0.00000442. The molecule has 2 aromatic carbocycles. The zero-order valence-electron chi connectivity index (χ0n) is 26.0. The van der Waals surface area contributed by atoms with Gasteiger partial charge in [-0.25, -0.2) is 0 Å². The SMILES string of the molecule is CCCCN1C(=O)[C@@H](CC2(O)CCCC2)NC(=O)C12CCN(Cc1ccc(COc3ccc(C(=O)NC)cc3)cc1)CC2.Cl. The third kappa shape index (κ3) is 7.56. The van der Waals surface area contributed by atoms with Crippen LogP contribution in [0.4, 0.5) is 0 Å². The van der Waals surface area contributed by atoms with E-state index in [2.05, 4.69) is 46.7 Å². The number of nitrogens with one attached hydrogen (secondary N) is 2. The largest absolute Gasteiger partial charge is 0.489 e. The van der Waals surface area contributed by atoms with Crippen LogP contribution < -0.4 is 15.4 Å². The quantitative estimate of drug-likeness (QED) is 0.345. The lowest BCUT2D eigenvalue weighted by atomic mass is 9.80. The van der Waals surface area contributed by atoms with Gasteiger partial charge in [0.1, 0.15) is 23.9 Å². The zero-order valence-corrected chi connectivity index (χ0v) is 26.8. The van der Waals surface area contributed by atoms with Gasteiger partial charge in [-0.15, -0.1) is 12.4 Å². The number of piperazine rings is 1. The minimum atomic E-state index is -0.848. The van der Waals surface area contributed by atoms with Crippen molar-refractivity contribution in [2.45, 2.75) is 95.0 Å².